The number of rotatable bonds is 4. The lowest BCUT2D eigenvalue weighted by atomic mass is 10.1. The van der Waals surface area contributed by atoms with Crippen molar-refractivity contribution in [2.75, 3.05) is 19.6 Å². The number of nitrogens with zero attached hydrogens (tertiary/aromatic N) is 1. The van der Waals surface area contributed by atoms with Gasteiger partial charge in [0.05, 0.1) is 0 Å². The van der Waals surface area contributed by atoms with Crippen LogP contribution in [0.15, 0.2) is 12.1 Å². The van der Waals surface area contributed by atoms with Crippen LogP contribution >= 0.6 is 0 Å². The van der Waals surface area contributed by atoms with Gasteiger partial charge in [-0.3, -0.25) is 4.79 Å². The monoisotopic (exact) mass is 300 g/mol. The van der Waals surface area contributed by atoms with Gasteiger partial charge >= 0.3 is 0 Å². The molecule has 21 heavy (non-hydrogen) atoms. The Kier molecular flexibility index (Phi) is 4.88. The van der Waals surface area contributed by atoms with E-state index in [0.29, 0.717) is 30.6 Å². The number of carbonyl (C=O) groups is 1. The number of hydrogen-bond donors (Lipinski definition) is 1. The molecule has 1 aliphatic rings. The van der Waals surface area contributed by atoms with Crippen LogP contribution in [0.3, 0.4) is 0 Å². The number of halogens is 3. The van der Waals surface area contributed by atoms with Crippen LogP contribution in [0.4, 0.5) is 13.2 Å². The van der Waals surface area contributed by atoms with E-state index >= 15 is 0 Å². The van der Waals surface area contributed by atoms with Crippen LogP contribution in [0.1, 0.15) is 30.6 Å². The van der Waals surface area contributed by atoms with Crippen LogP contribution in [-0.4, -0.2) is 36.5 Å². The van der Waals surface area contributed by atoms with Crippen molar-refractivity contribution < 1.29 is 18.0 Å². The van der Waals surface area contributed by atoms with Crippen molar-refractivity contribution in [3.05, 3.63) is 35.1 Å². The van der Waals surface area contributed by atoms with E-state index in [1.54, 1.807) is 0 Å². The van der Waals surface area contributed by atoms with Crippen molar-refractivity contribution in [2.24, 2.45) is 5.92 Å². The molecule has 116 valence electrons. The quantitative estimate of drug-likeness (QED) is 0.867. The first-order valence-corrected chi connectivity index (χ1v) is 7.05. The number of amides is 1. The van der Waals surface area contributed by atoms with Crippen molar-refractivity contribution >= 4 is 5.91 Å². The standard InChI is InChI=1S/C15H19F3N2O/c1-9(2)20-4-3-10(8-20)7-19-15(21)11-5-12(16)14(18)13(17)6-11/h5-6,9-10H,3-4,7-8H2,1-2H3,(H,19,21). The highest BCUT2D eigenvalue weighted by atomic mass is 19.2. The van der Waals surface area contributed by atoms with Crippen LogP contribution in [0.5, 0.6) is 0 Å². The van der Waals surface area contributed by atoms with Gasteiger partial charge < -0.3 is 10.2 Å². The number of likely N-dealkylation sites (tertiary alicyclic amines) is 1. The Morgan fingerprint density at radius 3 is 2.48 bits per heavy atom. The molecule has 1 atom stereocenters. The van der Waals surface area contributed by atoms with E-state index in [-0.39, 0.29) is 5.56 Å². The van der Waals surface area contributed by atoms with Gasteiger partial charge in [-0.1, -0.05) is 0 Å². The summed E-state index contributed by atoms with van der Waals surface area (Å²) in [5, 5.41) is 2.65. The van der Waals surface area contributed by atoms with E-state index < -0.39 is 23.4 Å². The van der Waals surface area contributed by atoms with Crippen molar-refractivity contribution in [1.29, 1.82) is 0 Å². The SMILES string of the molecule is CC(C)N1CCC(CNC(=O)c2cc(F)c(F)c(F)c2)C1. The molecule has 0 spiro atoms. The lowest BCUT2D eigenvalue weighted by Gasteiger charge is -2.20. The summed E-state index contributed by atoms with van der Waals surface area (Å²) in [6, 6.07) is 1.89. The molecule has 1 amide bonds. The van der Waals surface area contributed by atoms with E-state index in [2.05, 4.69) is 24.1 Å². The number of carbonyl (C=O) groups excluding carboxylic acids is 1. The maximum atomic E-state index is 13.1. The molecule has 2 rings (SSSR count). The second-order valence-corrected chi connectivity index (χ2v) is 5.71. The molecule has 1 aliphatic heterocycles. The minimum Gasteiger partial charge on any atom is -0.352 e. The predicted octanol–water partition coefficient (Wildman–Crippen LogP) is 2.56. The predicted molar refractivity (Wildman–Crippen MR) is 73.5 cm³/mol. The zero-order chi connectivity index (χ0) is 15.6. The van der Waals surface area contributed by atoms with E-state index in [9.17, 15) is 18.0 Å². The highest BCUT2D eigenvalue weighted by Gasteiger charge is 2.24. The molecule has 0 saturated carbocycles. The van der Waals surface area contributed by atoms with E-state index in [1.807, 2.05) is 0 Å². The molecule has 0 aromatic heterocycles. The summed E-state index contributed by atoms with van der Waals surface area (Å²) >= 11 is 0. The van der Waals surface area contributed by atoms with Crippen LogP contribution in [-0.2, 0) is 0 Å². The third-order valence-electron chi connectivity index (χ3n) is 3.84. The molecule has 1 fully saturated rings. The highest BCUT2D eigenvalue weighted by molar-refractivity contribution is 5.94. The topological polar surface area (TPSA) is 32.3 Å². The van der Waals surface area contributed by atoms with Crippen LogP contribution < -0.4 is 5.32 Å². The Bertz CT molecular complexity index is 511. The van der Waals surface area contributed by atoms with E-state index in [0.717, 1.165) is 19.5 Å². The first kappa shape index (κ1) is 15.8. The zero-order valence-electron chi connectivity index (χ0n) is 12.1. The fourth-order valence-electron chi connectivity index (χ4n) is 2.52. The molecular formula is C15H19F3N2O. The lowest BCUT2D eigenvalue weighted by Crippen LogP contribution is -2.33. The van der Waals surface area contributed by atoms with Gasteiger partial charge in [0.2, 0.25) is 0 Å². The second-order valence-electron chi connectivity index (χ2n) is 5.71. The fourth-order valence-corrected chi connectivity index (χ4v) is 2.52. The summed E-state index contributed by atoms with van der Waals surface area (Å²) in [7, 11) is 0. The van der Waals surface area contributed by atoms with Gasteiger partial charge in [-0.05, 0) is 44.9 Å². The molecule has 1 unspecified atom stereocenters. The van der Waals surface area contributed by atoms with Crippen LogP contribution in [0.2, 0.25) is 0 Å². The van der Waals surface area contributed by atoms with Crippen molar-refractivity contribution in [3.63, 3.8) is 0 Å². The maximum absolute atomic E-state index is 13.1. The number of benzene rings is 1. The average molecular weight is 300 g/mol. The molecule has 1 aromatic carbocycles. The molecule has 6 heteroatoms. The van der Waals surface area contributed by atoms with Crippen LogP contribution in [0.25, 0.3) is 0 Å². The van der Waals surface area contributed by atoms with Gasteiger partial charge in [0, 0.05) is 24.7 Å². The Balaban J connectivity index is 1.91. The molecule has 0 aliphatic carbocycles. The van der Waals surface area contributed by atoms with Gasteiger partial charge in [-0.15, -0.1) is 0 Å². The Morgan fingerprint density at radius 1 is 1.33 bits per heavy atom. The van der Waals surface area contributed by atoms with Crippen LogP contribution in [0, 0.1) is 23.4 Å². The van der Waals surface area contributed by atoms with Gasteiger partial charge in [-0.25, -0.2) is 13.2 Å². The van der Waals surface area contributed by atoms with Crippen molar-refractivity contribution in [2.45, 2.75) is 26.3 Å². The lowest BCUT2D eigenvalue weighted by molar-refractivity contribution is 0.0946. The molecule has 0 bridgehead atoms. The first-order valence-electron chi connectivity index (χ1n) is 7.05. The first-order chi connectivity index (χ1) is 9.88. The van der Waals surface area contributed by atoms with Gasteiger partial charge in [0.15, 0.2) is 17.5 Å². The third-order valence-corrected chi connectivity index (χ3v) is 3.84. The fraction of sp³-hybridized carbons (Fsp3) is 0.533. The summed E-state index contributed by atoms with van der Waals surface area (Å²) in [5.41, 5.74) is -0.204. The maximum Gasteiger partial charge on any atom is 0.251 e. The summed E-state index contributed by atoms with van der Waals surface area (Å²) in [5.74, 6) is -4.53. The molecule has 1 N–H and O–H groups in total. The van der Waals surface area contributed by atoms with Gasteiger partial charge in [0.1, 0.15) is 0 Å². The Hall–Kier alpha value is -1.56. The zero-order valence-corrected chi connectivity index (χ0v) is 12.1. The minimum atomic E-state index is -1.56. The van der Waals surface area contributed by atoms with E-state index in [1.165, 1.54) is 0 Å². The van der Waals surface area contributed by atoms with Crippen molar-refractivity contribution in [3.8, 4) is 0 Å². The summed E-state index contributed by atoms with van der Waals surface area (Å²) in [6.07, 6.45) is 0.977. The molecule has 1 aromatic rings. The molecule has 0 radical (unpaired) electrons. The van der Waals surface area contributed by atoms with Gasteiger partial charge in [0.25, 0.3) is 5.91 Å². The van der Waals surface area contributed by atoms with E-state index in [4.69, 9.17) is 0 Å². The van der Waals surface area contributed by atoms with Gasteiger partial charge in [-0.2, -0.15) is 0 Å². The molecule has 1 heterocycles. The Labute approximate surface area is 122 Å². The number of nitrogens with one attached hydrogen (secondary N) is 1. The summed E-state index contributed by atoms with van der Waals surface area (Å²) in [4.78, 5) is 14.2. The molecule has 3 nitrogen and oxygen atoms in total. The smallest absolute Gasteiger partial charge is 0.251 e. The minimum absolute atomic E-state index is 0.204. The molecule has 1 saturated heterocycles. The largest absolute Gasteiger partial charge is 0.352 e. The third kappa shape index (κ3) is 3.75. The normalized spacial score (nSPS) is 19.2. The summed E-state index contributed by atoms with van der Waals surface area (Å²) in [6.45, 7) is 6.56. The Morgan fingerprint density at radius 2 is 1.95 bits per heavy atom. The molecular weight excluding hydrogens is 281 g/mol. The number of hydrogen-bond acceptors (Lipinski definition) is 2. The van der Waals surface area contributed by atoms with Crippen molar-refractivity contribution in [1.82, 2.24) is 10.2 Å². The second kappa shape index (κ2) is 6.47. The summed E-state index contributed by atoms with van der Waals surface area (Å²) < 4.78 is 39.0. The highest BCUT2D eigenvalue weighted by Crippen LogP contribution is 2.18. The average Bonchev–Trinajstić information content (AvgIpc) is 2.90.